The highest BCUT2D eigenvalue weighted by Gasteiger charge is 1.98. The molecule has 2 aromatic rings. The van der Waals surface area contributed by atoms with Crippen LogP contribution in [0, 0.1) is 0 Å². The fourth-order valence-electron chi connectivity index (χ4n) is 1.62. The Labute approximate surface area is 147 Å². The molecule has 0 saturated carbocycles. The van der Waals surface area contributed by atoms with Gasteiger partial charge in [-0.2, -0.15) is 0 Å². The summed E-state index contributed by atoms with van der Waals surface area (Å²) in [4.78, 5) is 0. The highest BCUT2D eigenvalue weighted by atomic mass is 14.6. The molecule has 0 aliphatic heterocycles. The average molecular weight is 328 g/mol. The first-order valence-corrected chi connectivity index (χ1v) is 8.33. The van der Waals surface area contributed by atoms with Crippen LogP contribution in [0.4, 0.5) is 11.4 Å². The summed E-state index contributed by atoms with van der Waals surface area (Å²) in [6, 6.07) is 11.5. The third-order valence-corrected chi connectivity index (χ3v) is 2.71. The molecule has 3 heteroatoms. The Morgan fingerprint density at radius 2 is 1.29 bits per heavy atom. The lowest BCUT2D eigenvalue weighted by Crippen LogP contribution is -1.91. The zero-order valence-corrected chi connectivity index (χ0v) is 15.7. The third-order valence-electron chi connectivity index (χ3n) is 2.71. The van der Waals surface area contributed by atoms with E-state index in [9.17, 15) is 0 Å². The number of hydrogen-bond donors (Lipinski definition) is 3. The molecule has 132 valence electrons. The Morgan fingerprint density at radius 3 is 1.62 bits per heavy atom. The van der Waals surface area contributed by atoms with E-state index in [-0.39, 0.29) is 0 Å². The quantitative estimate of drug-likeness (QED) is 0.493. The van der Waals surface area contributed by atoms with E-state index in [4.69, 9.17) is 17.2 Å². The lowest BCUT2D eigenvalue weighted by molar-refractivity contribution is 1.43. The van der Waals surface area contributed by atoms with Crippen LogP contribution < -0.4 is 17.2 Å². The van der Waals surface area contributed by atoms with Gasteiger partial charge in [0.05, 0.1) is 0 Å². The van der Waals surface area contributed by atoms with Crippen LogP contribution in [0.2, 0.25) is 0 Å². The lowest BCUT2D eigenvalue weighted by atomic mass is 10.1. The summed E-state index contributed by atoms with van der Waals surface area (Å²) >= 11 is 0. The molecule has 0 spiro atoms. The molecule has 2 aromatic carbocycles. The van der Waals surface area contributed by atoms with Crippen molar-refractivity contribution in [2.24, 2.45) is 5.73 Å². The highest BCUT2D eigenvalue weighted by Crippen LogP contribution is 2.25. The van der Waals surface area contributed by atoms with Crippen LogP contribution >= 0.6 is 0 Å². The lowest BCUT2D eigenvalue weighted by Gasteiger charge is -2.03. The first-order valence-electron chi connectivity index (χ1n) is 8.33. The van der Waals surface area contributed by atoms with E-state index in [2.05, 4.69) is 6.58 Å². The Morgan fingerprint density at radius 1 is 0.875 bits per heavy atom. The van der Waals surface area contributed by atoms with Gasteiger partial charge in [0.25, 0.3) is 0 Å². The topological polar surface area (TPSA) is 78.1 Å². The van der Waals surface area contributed by atoms with E-state index in [1.807, 2.05) is 83.2 Å². The SMILES string of the molecule is C=C/C(N)=C\C=C/C.CC.CC.Nc1ccc(N)c2ccccc12. The van der Waals surface area contributed by atoms with E-state index in [0.717, 1.165) is 22.1 Å². The van der Waals surface area contributed by atoms with Crippen LogP contribution in [-0.2, 0) is 0 Å². The smallest absolute Gasteiger partial charge is 0.0395 e. The molecule has 2 rings (SSSR count). The Balaban J connectivity index is 0. The molecule has 0 radical (unpaired) electrons. The maximum absolute atomic E-state index is 5.77. The van der Waals surface area contributed by atoms with E-state index in [0.29, 0.717) is 5.70 Å². The van der Waals surface area contributed by atoms with E-state index in [1.165, 1.54) is 0 Å². The predicted octanol–water partition coefficient (Wildman–Crippen LogP) is 5.65. The van der Waals surface area contributed by atoms with Crippen molar-refractivity contribution in [3.63, 3.8) is 0 Å². The van der Waals surface area contributed by atoms with Gasteiger partial charge >= 0.3 is 0 Å². The summed E-state index contributed by atoms with van der Waals surface area (Å²) in [7, 11) is 0. The molecular weight excluding hydrogens is 294 g/mol. The largest absolute Gasteiger partial charge is 0.399 e. The predicted molar refractivity (Wildman–Crippen MR) is 113 cm³/mol. The summed E-state index contributed by atoms with van der Waals surface area (Å²) < 4.78 is 0. The molecular formula is C21H33N3. The standard InChI is InChI=1S/C10H10N2.C7H11N.2C2H6/c11-9-5-6-10(12)8-4-2-1-3-7(8)9;1-3-5-6-7(8)4-2;2*1-2/h1-6H,11-12H2;3-6H,2,8H2,1H3;2*1-2H3/b;5-3-,7-6+;;. The second kappa shape index (κ2) is 15.2. The molecule has 0 atom stereocenters. The maximum atomic E-state index is 5.77. The van der Waals surface area contributed by atoms with Crippen molar-refractivity contribution in [1.29, 1.82) is 0 Å². The minimum Gasteiger partial charge on any atom is -0.399 e. The van der Waals surface area contributed by atoms with Crippen molar-refractivity contribution < 1.29 is 0 Å². The van der Waals surface area contributed by atoms with Gasteiger partial charge in [0.1, 0.15) is 0 Å². The molecule has 0 unspecified atom stereocenters. The molecule has 0 aliphatic carbocycles. The van der Waals surface area contributed by atoms with E-state index in [1.54, 1.807) is 12.2 Å². The fourth-order valence-corrected chi connectivity index (χ4v) is 1.62. The average Bonchev–Trinajstić information content (AvgIpc) is 2.67. The second-order valence-electron chi connectivity index (χ2n) is 4.19. The van der Waals surface area contributed by atoms with Crippen molar-refractivity contribution >= 4 is 22.1 Å². The van der Waals surface area contributed by atoms with Crippen molar-refractivity contribution in [3.8, 4) is 0 Å². The number of nitrogen functional groups attached to an aromatic ring is 2. The van der Waals surface area contributed by atoms with Gasteiger partial charge in [-0.1, -0.05) is 70.7 Å². The molecule has 3 nitrogen and oxygen atoms in total. The molecule has 0 aliphatic rings. The molecule has 0 fully saturated rings. The van der Waals surface area contributed by atoms with Gasteiger partial charge in [-0.15, -0.1) is 0 Å². The van der Waals surface area contributed by atoms with Crippen molar-refractivity contribution in [2.75, 3.05) is 11.5 Å². The first-order chi connectivity index (χ1) is 11.6. The molecule has 0 bridgehead atoms. The highest BCUT2D eigenvalue weighted by molar-refractivity contribution is 6.00. The van der Waals surface area contributed by atoms with Crippen molar-refractivity contribution in [2.45, 2.75) is 34.6 Å². The molecule has 24 heavy (non-hydrogen) atoms. The summed E-state index contributed by atoms with van der Waals surface area (Å²) in [6.07, 6.45) is 7.19. The summed E-state index contributed by atoms with van der Waals surface area (Å²) in [5.41, 5.74) is 19.1. The number of rotatable bonds is 2. The van der Waals surface area contributed by atoms with Crippen LogP contribution in [0.5, 0.6) is 0 Å². The number of benzene rings is 2. The summed E-state index contributed by atoms with van der Waals surface area (Å²) in [5.74, 6) is 0. The fraction of sp³-hybridized carbons (Fsp3) is 0.238. The zero-order chi connectivity index (χ0) is 19.0. The summed E-state index contributed by atoms with van der Waals surface area (Å²) in [5, 5.41) is 2.05. The first kappa shape index (κ1) is 23.6. The van der Waals surface area contributed by atoms with Gasteiger partial charge in [0.15, 0.2) is 0 Å². The normalized spacial score (nSPS) is 9.79. The Kier molecular flexibility index (Phi) is 15.0. The monoisotopic (exact) mass is 327 g/mol. The molecule has 0 saturated heterocycles. The number of allylic oxidation sites excluding steroid dienone is 4. The van der Waals surface area contributed by atoms with Crippen LogP contribution in [0.15, 0.2) is 73.0 Å². The number of hydrogen-bond acceptors (Lipinski definition) is 3. The van der Waals surface area contributed by atoms with Crippen LogP contribution in [0.3, 0.4) is 0 Å². The second-order valence-corrected chi connectivity index (χ2v) is 4.19. The van der Waals surface area contributed by atoms with Crippen LogP contribution in [-0.4, -0.2) is 0 Å². The minimum absolute atomic E-state index is 0.697. The van der Waals surface area contributed by atoms with Gasteiger partial charge in [-0.25, -0.2) is 0 Å². The van der Waals surface area contributed by atoms with Gasteiger partial charge in [-0.05, 0) is 31.2 Å². The summed E-state index contributed by atoms with van der Waals surface area (Å²) in [6.45, 7) is 13.4. The molecule has 0 aromatic heterocycles. The van der Waals surface area contributed by atoms with Gasteiger partial charge in [-0.3, -0.25) is 0 Å². The molecule has 6 N–H and O–H groups in total. The van der Waals surface area contributed by atoms with E-state index < -0.39 is 0 Å². The van der Waals surface area contributed by atoms with Gasteiger partial charge in [0, 0.05) is 27.8 Å². The van der Waals surface area contributed by atoms with Crippen molar-refractivity contribution in [1.82, 2.24) is 0 Å². The van der Waals surface area contributed by atoms with Gasteiger partial charge < -0.3 is 17.2 Å². The molecule has 0 heterocycles. The Bertz CT molecular complexity index is 600. The number of nitrogens with two attached hydrogens (primary N) is 3. The third kappa shape index (κ3) is 8.69. The molecule has 0 amide bonds. The van der Waals surface area contributed by atoms with Crippen molar-refractivity contribution in [3.05, 3.63) is 73.0 Å². The minimum atomic E-state index is 0.697. The Hall–Kier alpha value is -2.68. The number of fused-ring (bicyclic) bond motifs is 1. The van der Waals surface area contributed by atoms with Crippen LogP contribution in [0.25, 0.3) is 10.8 Å². The zero-order valence-electron chi connectivity index (χ0n) is 15.7. The maximum Gasteiger partial charge on any atom is 0.0395 e. The van der Waals surface area contributed by atoms with Gasteiger partial charge in [0.2, 0.25) is 0 Å². The van der Waals surface area contributed by atoms with E-state index >= 15 is 0 Å². The van der Waals surface area contributed by atoms with Crippen LogP contribution in [0.1, 0.15) is 34.6 Å². The number of anilines is 2.